The lowest BCUT2D eigenvalue weighted by molar-refractivity contribution is 0.560. The lowest BCUT2D eigenvalue weighted by atomic mass is 10.0. The Morgan fingerprint density at radius 2 is 1.97 bits per heavy atom. The van der Waals surface area contributed by atoms with Gasteiger partial charge in [0.1, 0.15) is 23.1 Å². The SMILES string of the molecule is Fc1ccc(F)c([C@@H]2CCCN2c2ccn3ncc(-n4cc(-c5ccsc5)cn4)c3n2)c1. The van der Waals surface area contributed by atoms with Gasteiger partial charge in [-0.15, -0.1) is 0 Å². The van der Waals surface area contributed by atoms with Gasteiger partial charge in [-0.05, 0) is 59.5 Å². The highest BCUT2D eigenvalue weighted by molar-refractivity contribution is 7.08. The highest BCUT2D eigenvalue weighted by Gasteiger charge is 2.30. The Hall–Kier alpha value is -3.59. The van der Waals surface area contributed by atoms with E-state index in [9.17, 15) is 8.78 Å². The first-order valence-electron chi connectivity index (χ1n) is 10.3. The first-order valence-corrected chi connectivity index (χ1v) is 11.3. The van der Waals surface area contributed by atoms with E-state index in [1.807, 2.05) is 34.9 Å². The number of fused-ring (bicyclic) bond motifs is 1. The van der Waals surface area contributed by atoms with E-state index < -0.39 is 11.6 Å². The first-order chi connectivity index (χ1) is 15.7. The quantitative estimate of drug-likeness (QED) is 0.376. The Morgan fingerprint density at radius 1 is 1.03 bits per heavy atom. The molecule has 1 aliphatic rings. The molecule has 5 aromatic rings. The van der Waals surface area contributed by atoms with Crippen molar-refractivity contribution < 1.29 is 8.78 Å². The van der Waals surface area contributed by atoms with Crippen molar-refractivity contribution in [2.24, 2.45) is 0 Å². The molecule has 6 rings (SSSR count). The summed E-state index contributed by atoms with van der Waals surface area (Å²) in [6.07, 6.45) is 8.95. The number of nitrogens with zero attached hydrogens (tertiary/aromatic N) is 6. The molecule has 1 atom stereocenters. The van der Waals surface area contributed by atoms with Gasteiger partial charge in [-0.25, -0.2) is 23.0 Å². The summed E-state index contributed by atoms with van der Waals surface area (Å²) in [5.74, 6) is -0.127. The van der Waals surface area contributed by atoms with Crippen molar-refractivity contribution in [1.82, 2.24) is 24.4 Å². The molecule has 0 amide bonds. The van der Waals surface area contributed by atoms with Crippen molar-refractivity contribution in [1.29, 1.82) is 0 Å². The van der Waals surface area contributed by atoms with Gasteiger partial charge in [-0.1, -0.05) is 0 Å². The van der Waals surface area contributed by atoms with Gasteiger partial charge < -0.3 is 4.90 Å². The maximum Gasteiger partial charge on any atom is 0.183 e. The second-order valence-electron chi connectivity index (χ2n) is 7.79. The molecular weight excluding hydrogens is 430 g/mol. The third-order valence-corrected chi connectivity index (χ3v) is 6.57. The van der Waals surface area contributed by atoms with E-state index >= 15 is 0 Å². The van der Waals surface area contributed by atoms with Gasteiger partial charge in [-0.3, -0.25) is 0 Å². The highest BCUT2D eigenvalue weighted by atomic mass is 32.1. The number of hydrogen-bond acceptors (Lipinski definition) is 5. The molecule has 160 valence electrons. The fourth-order valence-corrected chi connectivity index (χ4v) is 5.00. The third-order valence-electron chi connectivity index (χ3n) is 5.88. The van der Waals surface area contributed by atoms with Crippen molar-refractivity contribution in [2.45, 2.75) is 18.9 Å². The second-order valence-corrected chi connectivity index (χ2v) is 8.57. The zero-order valence-corrected chi connectivity index (χ0v) is 17.7. The summed E-state index contributed by atoms with van der Waals surface area (Å²) in [7, 11) is 0. The monoisotopic (exact) mass is 448 g/mol. The summed E-state index contributed by atoms with van der Waals surface area (Å²) >= 11 is 1.64. The Kier molecular flexibility index (Phi) is 4.50. The van der Waals surface area contributed by atoms with Crippen LogP contribution in [0.2, 0.25) is 0 Å². The van der Waals surface area contributed by atoms with Gasteiger partial charge in [0.2, 0.25) is 0 Å². The summed E-state index contributed by atoms with van der Waals surface area (Å²) < 4.78 is 31.8. The maximum absolute atomic E-state index is 14.5. The standard InChI is InChI=1S/C23H18F2N6S/c24-17-3-4-19(25)18(10-17)20-2-1-7-29(20)22-5-8-30-23(28-22)21(12-27-30)31-13-16(11-26-31)15-6-9-32-14-15/h3-6,8-14,20H,1-2,7H2/t20-/m0/s1. The molecule has 5 heterocycles. The zero-order chi connectivity index (χ0) is 21.7. The van der Waals surface area contributed by atoms with E-state index in [2.05, 4.69) is 21.6 Å². The summed E-state index contributed by atoms with van der Waals surface area (Å²) in [5, 5.41) is 13.0. The molecule has 0 N–H and O–H groups in total. The molecule has 1 aromatic carbocycles. The molecule has 0 saturated carbocycles. The first kappa shape index (κ1) is 19.1. The smallest absolute Gasteiger partial charge is 0.183 e. The minimum atomic E-state index is -0.435. The van der Waals surface area contributed by atoms with Gasteiger partial charge in [-0.2, -0.15) is 21.5 Å². The minimum absolute atomic E-state index is 0.262. The molecule has 6 nitrogen and oxygen atoms in total. The number of anilines is 1. The van der Waals surface area contributed by atoms with Crippen LogP contribution >= 0.6 is 11.3 Å². The lowest BCUT2D eigenvalue weighted by Gasteiger charge is -2.26. The van der Waals surface area contributed by atoms with Crippen LogP contribution in [0.5, 0.6) is 0 Å². The topological polar surface area (TPSA) is 51.2 Å². The average Bonchev–Trinajstić information content (AvgIpc) is 3.60. The van der Waals surface area contributed by atoms with Gasteiger partial charge >= 0.3 is 0 Å². The zero-order valence-electron chi connectivity index (χ0n) is 16.9. The average molecular weight is 449 g/mol. The van der Waals surface area contributed by atoms with Gasteiger partial charge in [0.15, 0.2) is 5.65 Å². The van der Waals surface area contributed by atoms with Crippen LogP contribution in [0.15, 0.2) is 65.9 Å². The van der Waals surface area contributed by atoms with E-state index in [0.717, 1.165) is 42.3 Å². The summed E-state index contributed by atoms with van der Waals surface area (Å²) in [6.45, 7) is 0.720. The molecule has 4 aromatic heterocycles. The largest absolute Gasteiger partial charge is 0.349 e. The predicted octanol–water partition coefficient (Wildman–Crippen LogP) is 5.26. The molecule has 0 spiro atoms. The molecule has 0 aliphatic carbocycles. The van der Waals surface area contributed by atoms with Crippen LogP contribution in [-0.2, 0) is 0 Å². The molecule has 1 aliphatic heterocycles. The maximum atomic E-state index is 14.5. The van der Waals surface area contributed by atoms with Crippen molar-refractivity contribution in [3.05, 3.63) is 83.1 Å². The van der Waals surface area contributed by atoms with Crippen molar-refractivity contribution in [2.75, 3.05) is 11.4 Å². The number of hydrogen-bond donors (Lipinski definition) is 0. The van der Waals surface area contributed by atoms with Gasteiger partial charge in [0, 0.05) is 30.1 Å². The van der Waals surface area contributed by atoms with Crippen LogP contribution in [0.1, 0.15) is 24.4 Å². The predicted molar refractivity (Wildman–Crippen MR) is 119 cm³/mol. The summed E-state index contributed by atoms with van der Waals surface area (Å²) in [5.41, 5.74) is 3.89. The van der Waals surface area contributed by atoms with Crippen LogP contribution in [0, 0.1) is 11.6 Å². The van der Waals surface area contributed by atoms with E-state index in [0.29, 0.717) is 17.0 Å². The molecule has 32 heavy (non-hydrogen) atoms. The Bertz CT molecular complexity index is 1410. The molecule has 0 unspecified atom stereocenters. The molecule has 1 fully saturated rings. The normalized spacial score (nSPS) is 16.3. The van der Waals surface area contributed by atoms with E-state index in [4.69, 9.17) is 4.98 Å². The number of halogens is 2. The number of benzene rings is 1. The Morgan fingerprint density at radius 3 is 2.84 bits per heavy atom. The van der Waals surface area contributed by atoms with Gasteiger partial charge in [0.25, 0.3) is 0 Å². The van der Waals surface area contributed by atoms with E-state index in [1.54, 1.807) is 26.7 Å². The molecule has 9 heteroatoms. The van der Waals surface area contributed by atoms with Crippen LogP contribution in [-0.4, -0.2) is 30.9 Å². The van der Waals surface area contributed by atoms with Crippen molar-refractivity contribution >= 4 is 22.8 Å². The third kappa shape index (κ3) is 3.16. The molecule has 0 bridgehead atoms. The summed E-state index contributed by atoms with van der Waals surface area (Å²) in [4.78, 5) is 6.88. The van der Waals surface area contributed by atoms with Crippen LogP contribution < -0.4 is 4.90 Å². The van der Waals surface area contributed by atoms with Crippen LogP contribution in [0.3, 0.4) is 0 Å². The lowest BCUT2D eigenvalue weighted by Crippen LogP contribution is -2.24. The molecule has 1 saturated heterocycles. The fourth-order valence-electron chi connectivity index (χ4n) is 4.34. The van der Waals surface area contributed by atoms with Crippen LogP contribution in [0.4, 0.5) is 14.6 Å². The van der Waals surface area contributed by atoms with Crippen molar-refractivity contribution in [3.63, 3.8) is 0 Å². The van der Waals surface area contributed by atoms with E-state index in [1.165, 1.54) is 12.1 Å². The number of thiophene rings is 1. The Labute approximate surface area is 186 Å². The van der Waals surface area contributed by atoms with Crippen LogP contribution in [0.25, 0.3) is 22.5 Å². The molecular formula is C23H18F2N6S. The molecule has 0 radical (unpaired) electrons. The van der Waals surface area contributed by atoms with Crippen molar-refractivity contribution in [3.8, 4) is 16.8 Å². The Balaban J connectivity index is 1.39. The van der Waals surface area contributed by atoms with E-state index in [-0.39, 0.29) is 6.04 Å². The second kappa shape index (κ2) is 7.52. The minimum Gasteiger partial charge on any atom is -0.349 e. The summed E-state index contributed by atoms with van der Waals surface area (Å²) in [6, 6.07) is 7.28. The highest BCUT2D eigenvalue weighted by Crippen LogP contribution is 2.37. The number of aromatic nitrogens is 5. The fraction of sp³-hybridized carbons (Fsp3) is 0.174. The number of rotatable bonds is 4. The van der Waals surface area contributed by atoms with Gasteiger partial charge in [0.05, 0.1) is 18.4 Å².